The number of nitrogens with one attached hydrogen (secondary N) is 5. The molecule has 29 heteroatoms. The molecule has 2 aliphatic rings. The zero-order valence-corrected chi connectivity index (χ0v) is 69.4. The molecule has 2 aromatic carbocycles. The van der Waals surface area contributed by atoms with Crippen LogP contribution in [0.15, 0.2) is 60.7 Å². The van der Waals surface area contributed by atoms with Gasteiger partial charge in [0.05, 0.1) is 12.7 Å². The zero-order valence-electron chi connectivity index (χ0n) is 68.6. The Labute approximate surface area is 648 Å². The Kier molecular flexibility index (Phi) is 37.3. The van der Waals surface area contributed by atoms with Crippen LogP contribution in [0.4, 0.5) is 0 Å². The fourth-order valence-corrected chi connectivity index (χ4v) is 14.6. The molecule has 2 saturated heterocycles. The number of hydrogen-bond donors (Lipinski definition) is 5. The Balaban J connectivity index is 2.02. The van der Waals surface area contributed by atoms with Crippen molar-refractivity contribution in [3.63, 3.8) is 0 Å². The van der Waals surface area contributed by atoms with Crippen LogP contribution in [0.2, 0.25) is 0 Å². The molecule has 1 unspecified atom stereocenters. The van der Waals surface area contributed by atoms with Gasteiger partial charge in [-0.2, -0.15) is 0 Å². The van der Waals surface area contributed by atoms with E-state index in [0.717, 1.165) is 17.6 Å². The third-order valence-electron chi connectivity index (χ3n) is 20.2. The molecule has 610 valence electrons. The van der Waals surface area contributed by atoms with Crippen LogP contribution in [-0.4, -0.2) is 260 Å². The van der Waals surface area contributed by atoms with E-state index in [0.29, 0.717) is 37.1 Å². The van der Waals surface area contributed by atoms with Gasteiger partial charge >= 0.3 is 0 Å². The van der Waals surface area contributed by atoms with E-state index in [1.165, 1.54) is 78.7 Å². The third kappa shape index (κ3) is 29.4. The number of piperidine rings is 1. The Morgan fingerprint density at radius 3 is 1.22 bits per heavy atom. The molecule has 2 fully saturated rings. The van der Waals surface area contributed by atoms with Crippen LogP contribution in [-0.2, 0) is 85.2 Å². The number of nitrogens with zero attached hydrogens (tertiary/aromatic N) is 8. The van der Waals surface area contributed by atoms with Crippen molar-refractivity contribution in [2.75, 3.05) is 75.2 Å². The van der Waals surface area contributed by atoms with Gasteiger partial charge in [0.25, 0.3) is 0 Å². The highest BCUT2D eigenvalue weighted by atomic mass is 32.2. The normalized spacial score (nSPS) is 24.1. The summed E-state index contributed by atoms with van der Waals surface area (Å²) >= 11 is 0. The lowest BCUT2D eigenvalue weighted by molar-refractivity contribution is -0.151. The fraction of sp³-hybridized carbons (Fsp3) is 0.688. The molecular formula is C80H129N13O15S. The number of hydrogen-bond acceptors (Lipinski definition) is 15. The summed E-state index contributed by atoms with van der Waals surface area (Å²) in [6.45, 7) is 23.0. The lowest BCUT2D eigenvalue weighted by Crippen LogP contribution is -2.62. The maximum Gasteiger partial charge on any atom is 0.246 e. The Morgan fingerprint density at radius 1 is 0.413 bits per heavy atom. The van der Waals surface area contributed by atoms with Gasteiger partial charge in [0.1, 0.15) is 60.4 Å². The number of amides is 13. The molecule has 2 aliphatic heterocycles. The van der Waals surface area contributed by atoms with E-state index in [1.807, 2.05) is 74.0 Å². The largest absolute Gasteiger partial charge is 0.346 e. The van der Waals surface area contributed by atoms with Gasteiger partial charge in [0.15, 0.2) is 0 Å². The zero-order chi connectivity index (χ0) is 82.1. The molecule has 5 N–H and O–H groups in total. The monoisotopic (exact) mass is 1540 g/mol. The molecule has 2 aromatic rings. The van der Waals surface area contributed by atoms with Crippen LogP contribution in [0, 0.1) is 35.5 Å². The summed E-state index contributed by atoms with van der Waals surface area (Å²) in [6, 6.07) is 4.05. The number of sulfonamides is 1. The topological polar surface area (TPSA) is 342 Å². The standard InChI is InChI=1S/C80H129N13O15S/c1-50(2)41-59-76(102)91(18)66(46-55(11)12)79(105)89(16)64(45-54(9)10)73(99)84-61(78(104)93-39-28-23-29-40-93)49-70(96)86(13)38-30-35-69(95)87(14)62(43-52(5)6)71(97)82-60(42-51(3)4)77(103)92(19)67(48-57-33-26-22-27-34-57)80(106)90(17)65(47-56-31-24-21-25-32-56)74(100)81-58(36-37-68(94)85-109(20,107)108)75(101)88(15)63(44-53(7)8)72(98)83-59/h21-22,24-27,31-34,50-55,58-67H,23,28-30,35-49H2,1-20H3,(H,81,100)(H,82,97)(H,83,98)(H,84,99)(H,85,94)/t58?,59-,60-,61-,62-,63-,64-,65-,66-,67-/m0/s1. The Bertz CT molecular complexity index is 3520. The molecule has 10 atom stereocenters. The molecule has 0 spiro atoms. The minimum atomic E-state index is -4.13. The molecule has 13 amide bonds. The second-order valence-electron chi connectivity index (χ2n) is 32.6. The lowest BCUT2D eigenvalue weighted by Gasteiger charge is -2.38. The van der Waals surface area contributed by atoms with Crippen molar-refractivity contribution in [2.24, 2.45) is 35.5 Å². The molecular weight excluding hydrogens is 1420 g/mol. The molecule has 0 saturated carbocycles. The van der Waals surface area contributed by atoms with Crippen LogP contribution >= 0.6 is 0 Å². The first-order valence-corrected chi connectivity index (χ1v) is 40.7. The molecule has 4 rings (SSSR count). The van der Waals surface area contributed by atoms with Crippen LogP contribution in [0.5, 0.6) is 0 Å². The van der Waals surface area contributed by atoms with Crippen molar-refractivity contribution in [3.05, 3.63) is 71.8 Å². The van der Waals surface area contributed by atoms with Gasteiger partial charge in [-0.3, -0.25) is 67.1 Å². The maximum atomic E-state index is 15.8. The van der Waals surface area contributed by atoms with E-state index < -0.39 is 166 Å². The van der Waals surface area contributed by atoms with Gasteiger partial charge in [-0.25, -0.2) is 8.42 Å². The Hall–Kier alpha value is -8.50. The van der Waals surface area contributed by atoms with Gasteiger partial charge in [0, 0.05) is 94.7 Å². The van der Waals surface area contributed by atoms with Crippen molar-refractivity contribution in [1.82, 2.24) is 65.2 Å². The maximum absolute atomic E-state index is 15.8. The lowest BCUT2D eigenvalue weighted by atomic mass is 9.95. The SMILES string of the molecule is CC(C)C[C@@H]1NC(=O)[C@H](CC(C)C)N(C)C(=O)CCCN(C)C(=O)C[C@@H](C(=O)N2CCCCC2)NC(=O)[C@H](CC(C)C)N(C)C(=O)[C@H](CC(C)C)N(C)C(=O)[C@H](CC(C)C)NC(=O)[C@H](CC(C)C)N(C)C(=O)C(CCC(=O)NS(C)(=O)=O)NC(=O)[C@H](Cc2ccccc2)N(C)C(=O)[C@H](Cc2ccccc2)N(C)C1=O. The van der Waals surface area contributed by atoms with Crippen molar-refractivity contribution in [2.45, 2.75) is 246 Å². The van der Waals surface area contributed by atoms with Crippen LogP contribution in [0.25, 0.3) is 0 Å². The second-order valence-corrected chi connectivity index (χ2v) is 34.3. The summed E-state index contributed by atoms with van der Waals surface area (Å²) in [5, 5.41) is 11.5. The van der Waals surface area contributed by atoms with Gasteiger partial charge in [-0.15, -0.1) is 0 Å². The fourth-order valence-electron chi connectivity index (χ4n) is 14.0. The van der Waals surface area contributed by atoms with Gasteiger partial charge < -0.3 is 60.5 Å². The first-order chi connectivity index (χ1) is 50.9. The van der Waals surface area contributed by atoms with E-state index >= 15 is 38.4 Å². The first-order valence-electron chi connectivity index (χ1n) is 38.9. The predicted octanol–water partition coefficient (Wildman–Crippen LogP) is 5.16. The average Bonchev–Trinajstić information content (AvgIpc) is 0.810. The average molecular weight is 1550 g/mol. The van der Waals surface area contributed by atoms with Gasteiger partial charge in [0.2, 0.25) is 86.8 Å². The summed E-state index contributed by atoms with van der Waals surface area (Å²) in [6.07, 6.45) is 1.64. The minimum absolute atomic E-state index is 0.0183. The molecule has 28 nitrogen and oxygen atoms in total. The van der Waals surface area contributed by atoms with Crippen molar-refractivity contribution >= 4 is 86.8 Å². The summed E-state index contributed by atoms with van der Waals surface area (Å²) in [5.41, 5.74) is 1.19. The molecule has 109 heavy (non-hydrogen) atoms. The Morgan fingerprint density at radius 2 is 0.771 bits per heavy atom. The minimum Gasteiger partial charge on any atom is -0.346 e. The molecule has 0 radical (unpaired) electrons. The van der Waals surface area contributed by atoms with Crippen LogP contribution in [0.1, 0.15) is 184 Å². The van der Waals surface area contributed by atoms with Gasteiger partial charge in [-0.1, -0.05) is 144 Å². The summed E-state index contributed by atoms with van der Waals surface area (Å²) in [7, 11) is 5.92. The molecule has 0 aromatic heterocycles. The molecule has 0 aliphatic carbocycles. The van der Waals surface area contributed by atoms with Gasteiger partial charge in [-0.05, 0) is 117 Å². The van der Waals surface area contributed by atoms with E-state index in [2.05, 4.69) is 21.3 Å². The molecule has 0 bridgehead atoms. The van der Waals surface area contributed by atoms with E-state index in [9.17, 15) is 32.4 Å². The quantitative estimate of drug-likeness (QED) is 0.108. The number of carbonyl (C=O) groups excluding carboxylic acids is 13. The van der Waals surface area contributed by atoms with E-state index in [1.54, 1.807) is 79.4 Å². The van der Waals surface area contributed by atoms with Crippen molar-refractivity contribution in [3.8, 4) is 0 Å². The number of benzene rings is 2. The van der Waals surface area contributed by atoms with Crippen LogP contribution in [0.3, 0.4) is 0 Å². The second kappa shape index (κ2) is 43.8. The van der Waals surface area contributed by atoms with E-state index in [4.69, 9.17) is 0 Å². The van der Waals surface area contributed by atoms with Crippen molar-refractivity contribution in [1.29, 1.82) is 0 Å². The third-order valence-corrected chi connectivity index (χ3v) is 20.8. The summed E-state index contributed by atoms with van der Waals surface area (Å²) in [4.78, 5) is 206. The smallest absolute Gasteiger partial charge is 0.246 e. The number of likely N-dealkylation sites (N-methyl/N-ethyl adjacent to an activating group) is 6. The number of rotatable bonds is 21. The number of carbonyl (C=O) groups is 13. The highest BCUT2D eigenvalue weighted by Gasteiger charge is 2.44. The highest BCUT2D eigenvalue weighted by molar-refractivity contribution is 7.89. The predicted molar refractivity (Wildman–Crippen MR) is 418 cm³/mol. The highest BCUT2D eigenvalue weighted by Crippen LogP contribution is 2.25. The van der Waals surface area contributed by atoms with E-state index in [-0.39, 0.29) is 106 Å². The summed E-state index contributed by atoms with van der Waals surface area (Å²) < 4.78 is 26.7. The van der Waals surface area contributed by atoms with Crippen LogP contribution < -0.4 is 26.0 Å². The number of likely N-dealkylation sites (tertiary alicyclic amines) is 1. The summed E-state index contributed by atoms with van der Waals surface area (Å²) in [5.74, 6) is -10.5. The molecule has 2 heterocycles. The van der Waals surface area contributed by atoms with Crippen molar-refractivity contribution < 1.29 is 70.7 Å². The first kappa shape index (κ1) is 92.9.